The lowest BCUT2D eigenvalue weighted by Gasteiger charge is -2.08. The molecule has 10 heteroatoms. The molecular formula is C21H18ClNO5S3. The van der Waals surface area contributed by atoms with E-state index in [1.807, 2.05) is 17.5 Å². The lowest BCUT2D eigenvalue weighted by Crippen LogP contribution is -2.22. The first kappa shape index (κ1) is 23.3. The van der Waals surface area contributed by atoms with Crippen LogP contribution < -0.4 is 5.32 Å². The molecule has 0 fully saturated rings. The van der Waals surface area contributed by atoms with Crippen LogP contribution in [-0.4, -0.2) is 36.8 Å². The smallest absolute Gasteiger partial charge is 0.341 e. The topological polar surface area (TPSA) is 81.7 Å². The number of carbonyl (C=O) groups is 3. The quantitative estimate of drug-likeness (QED) is 0.308. The van der Waals surface area contributed by atoms with Crippen LogP contribution in [0.25, 0.3) is 10.4 Å². The third kappa shape index (κ3) is 6.57. The van der Waals surface area contributed by atoms with Gasteiger partial charge in [-0.2, -0.15) is 0 Å². The first-order chi connectivity index (χ1) is 15.0. The maximum Gasteiger partial charge on any atom is 0.341 e. The number of esters is 2. The van der Waals surface area contributed by atoms with Crippen molar-refractivity contribution in [3.05, 3.63) is 57.7 Å². The van der Waals surface area contributed by atoms with E-state index in [2.05, 4.69) is 5.32 Å². The van der Waals surface area contributed by atoms with Crippen LogP contribution in [0.5, 0.6) is 0 Å². The highest BCUT2D eigenvalue weighted by Gasteiger charge is 2.23. The van der Waals surface area contributed by atoms with Gasteiger partial charge < -0.3 is 14.8 Å². The minimum Gasteiger partial charge on any atom is -0.462 e. The minimum absolute atomic E-state index is 0.0600. The maximum absolute atomic E-state index is 12.5. The Morgan fingerprint density at radius 2 is 1.87 bits per heavy atom. The molecule has 0 unspecified atom stereocenters. The Morgan fingerprint density at radius 3 is 2.55 bits per heavy atom. The zero-order chi connectivity index (χ0) is 22.2. The van der Waals surface area contributed by atoms with Crippen molar-refractivity contribution in [2.45, 2.75) is 11.8 Å². The molecule has 1 aromatic carbocycles. The van der Waals surface area contributed by atoms with Gasteiger partial charge in [0.25, 0.3) is 5.91 Å². The predicted octanol–water partition coefficient (Wildman–Crippen LogP) is 5.58. The van der Waals surface area contributed by atoms with E-state index in [4.69, 9.17) is 21.1 Å². The molecule has 1 amide bonds. The number of nitrogens with one attached hydrogen (secondary N) is 1. The van der Waals surface area contributed by atoms with Crippen molar-refractivity contribution in [1.29, 1.82) is 0 Å². The van der Waals surface area contributed by atoms with Crippen molar-refractivity contribution >= 4 is 68.9 Å². The number of anilines is 1. The number of benzene rings is 1. The van der Waals surface area contributed by atoms with Gasteiger partial charge in [-0.05, 0) is 42.6 Å². The van der Waals surface area contributed by atoms with Gasteiger partial charge in [0.15, 0.2) is 6.61 Å². The Labute approximate surface area is 196 Å². The maximum atomic E-state index is 12.5. The van der Waals surface area contributed by atoms with E-state index in [1.165, 1.54) is 34.4 Å². The molecule has 0 atom stereocenters. The second kappa shape index (κ2) is 11.3. The summed E-state index contributed by atoms with van der Waals surface area (Å²) in [5.74, 6) is -1.51. The van der Waals surface area contributed by atoms with Crippen LogP contribution in [0.2, 0.25) is 5.02 Å². The molecule has 0 radical (unpaired) electrons. The average Bonchev–Trinajstić information content (AvgIpc) is 3.42. The third-order valence-corrected chi connectivity index (χ3v) is 6.88. The molecule has 162 valence electrons. The number of hydrogen-bond acceptors (Lipinski definition) is 8. The molecule has 0 aliphatic carbocycles. The van der Waals surface area contributed by atoms with Crippen molar-refractivity contribution < 1.29 is 23.9 Å². The number of ether oxygens (including phenoxy) is 2. The van der Waals surface area contributed by atoms with Gasteiger partial charge in [-0.3, -0.25) is 9.59 Å². The van der Waals surface area contributed by atoms with Gasteiger partial charge in [-0.15, -0.1) is 34.4 Å². The molecule has 0 bridgehead atoms. The molecule has 6 nitrogen and oxygen atoms in total. The second-order valence-electron chi connectivity index (χ2n) is 6.00. The fraction of sp³-hybridized carbons (Fsp3) is 0.190. The molecule has 0 aliphatic rings. The van der Waals surface area contributed by atoms with Crippen LogP contribution in [0.4, 0.5) is 5.00 Å². The number of thiophene rings is 2. The molecule has 2 heterocycles. The minimum atomic E-state index is -0.532. The van der Waals surface area contributed by atoms with Gasteiger partial charge in [0, 0.05) is 25.7 Å². The van der Waals surface area contributed by atoms with Gasteiger partial charge >= 0.3 is 11.9 Å². The summed E-state index contributed by atoms with van der Waals surface area (Å²) in [4.78, 5) is 38.5. The summed E-state index contributed by atoms with van der Waals surface area (Å²) in [5.41, 5.74) is 0.998. The number of hydrogen-bond donors (Lipinski definition) is 1. The molecular weight excluding hydrogens is 478 g/mol. The summed E-state index contributed by atoms with van der Waals surface area (Å²) in [7, 11) is 0. The fourth-order valence-electron chi connectivity index (χ4n) is 2.49. The number of carbonyl (C=O) groups excluding carboxylic acids is 3. The summed E-state index contributed by atoms with van der Waals surface area (Å²) in [6.07, 6.45) is 0. The summed E-state index contributed by atoms with van der Waals surface area (Å²) < 4.78 is 10.2. The Balaban J connectivity index is 1.57. The van der Waals surface area contributed by atoms with Gasteiger partial charge in [0.05, 0.1) is 12.4 Å². The van der Waals surface area contributed by atoms with E-state index in [9.17, 15) is 14.4 Å². The zero-order valence-corrected chi connectivity index (χ0v) is 19.6. The van der Waals surface area contributed by atoms with E-state index in [0.717, 1.165) is 9.77 Å². The number of rotatable bonds is 9. The van der Waals surface area contributed by atoms with Crippen LogP contribution in [-0.2, 0) is 19.1 Å². The van der Waals surface area contributed by atoms with E-state index >= 15 is 0 Å². The van der Waals surface area contributed by atoms with Crippen molar-refractivity contribution in [1.82, 2.24) is 0 Å². The summed E-state index contributed by atoms with van der Waals surface area (Å²) in [6, 6.07) is 10.8. The number of halogens is 1. The Morgan fingerprint density at radius 1 is 1.10 bits per heavy atom. The van der Waals surface area contributed by atoms with Crippen molar-refractivity contribution in [3.63, 3.8) is 0 Å². The monoisotopic (exact) mass is 495 g/mol. The number of amides is 1. The van der Waals surface area contributed by atoms with Crippen LogP contribution in [0.3, 0.4) is 0 Å². The highest BCUT2D eigenvalue weighted by molar-refractivity contribution is 8.00. The highest BCUT2D eigenvalue weighted by atomic mass is 35.5. The van der Waals surface area contributed by atoms with Crippen molar-refractivity contribution in [2.24, 2.45) is 0 Å². The Kier molecular flexibility index (Phi) is 8.53. The fourth-order valence-corrected chi connectivity index (χ4v) is 5.10. The molecule has 2 aromatic heterocycles. The van der Waals surface area contributed by atoms with Gasteiger partial charge in [0.1, 0.15) is 10.6 Å². The van der Waals surface area contributed by atoms with Crippen molar-refractivity contribution in [2.75, 3.05) is 24.3 Å². The molecule has 3 rings (SSSR count). The molecule has 0 spiro atoms. The molecule has 1 N–H and O–H groups in total. The standard InChI is InChI=1S/C21H18ClNO5S3/c1-2-27-21(26)19-15(16-4-3-9-29-16)11-31-20(19)23-17(24)10-28-18(25)12-30-14-7-5-13(22)6-8-14/h3-9,11H,2,10,12H2,1H3,(H,23,24). The second-order valence-corrected chi connectivity index (χ2v) is 9.32. The summed E-state index contributed by atoms with van der Waals surface area (Å²) in [6.45, 7) is 1.48. The third-order valence-electron chi connectivity index (χ3n) is 3.84. The van der Waals surface area contributed by atoms with Crippen LogP contribution >= 0.6 is 46.0 Å². The van der Waals surface area contributed by atoms with Crippen molar-refractivity contribution in [3.8, 4) is 10.4 Å². The average molecular weight is 496 g/mol. The van der Waals surface area contributed by atoms with Gasteiger partial charge in [-0.1, -0.05) is 17.7 Å². The normalized spacial score (nSPS) is 10.5. The predicted molar refractivity (Wildman–Crippen MR) is 125 cm³/mol. The lowest BCUT2D eigenvalue weighted by molar-refractivity contribution is -0.144. The van der Waals surface area contributed by atoms with Gasteiger partial charge in [0.2, 0.25) is 0 Å². The Hall–Kier alpha value is -2.33. The van der Waals surface area contributed by atoms with Crippen LogP contribution in [0.1, 0.15) is 17.3 Å². The van der Waals surface area contributed by atoms with Crippen LogP contribution in [0, 0.1) is 0 Å². The molecule has 31 heavy (non-hydrogen) atoms. The van der Waals surface area contributed by atoms with E-state index < -0.39 is 24.5 Å². The van der Waals surface area contributed by atoms with E-state index in [-0.39, 0.29) is 12.4 Å². The first-order valence-corrected chi connectivity index (χ1v) is 12.3. The van der Waals surface area contributed by atoms with E-state index in [0.29, 0.717) is 21.2 Å². The first-order valence-electron chi connectivity index (χ1n) is 9.14. The van der Waals surface area contributed by atoms with Crippen LogP contribution in [0.15, 0.2) is 52.1 Å². The largest absolute Gasteiger partial charge is 0.462 e. The Bertz CT molecular complexity index is 1050. The van der Waals surface area contributed by atoms with Gasteiger partial charge in [-0.25, -0.2) is 4.79 Å². The SMILES string of the molecule is CCOC(=O)c1c(-c2cccs2)csc1NC(=O)COC(=O)CSc1ccc(Cl)cc1. The summed E-state index contributed by atoms with van der Waals surface area (Å²) >= 11 is 9.82. The summed E-state index contributed by atoms with van der Waals surface area (Å²) in [5, 5.41) is 7.32. The molecule has 3 aromatic rings. The lowest BCUT2D eigenvalue weighted by atomic mass is 10.1. The molecule has 0 aliphatic heterocycles. The zero-order valence-electron chi connectivity index (χ0n) is 16.4. The molecule has 0 saturated carbocycles. The van der Waals surface area contributed by atoms with E-state index in [1.54, 1.807) is 36.6 Å². The highest BCUT2D eigenvalue weighted by Crippen LogP contribution is 2.38. The number of thioether (sulfide) groups is 1. The molecule has 0 saturated heterocycles.